The standard InChI is InChI=1S/C25H20N2O5/c1-31-20-11-5-3-9-17(20)22-21(23(28)18-13-26-19-10-4-2-8-16(18)19)24(29)25(30)27(22)14-15-7-6-12-32-15/h2-13,22,26,28H,14H2,1H3/b23-21+. The van der Waals surface area contributed by atoms with Gasteiger partial charge in [-0.25, -0.2) is 0 Å². The molecule has 1 atom stereocenters. The van der Waals surface area contributed by atoms with Gasteiger partial charge in [-0.3, -0.25) is 9.59 Å². The number of nitrogens with one attached hydrogen (secondary N) is 1. The van der Waals surface area contributed by atoms with Gasteiger partial charge in [0, 0.05) is 28.2 Å². The van der Waals surface area contributed by atoms with Gasteiger partial charge in [-0.05, 0) is 24.3 Å². The van der Waals surface area contributed by atoms with E-state index in [0.717, 1.165) is 10.9 Å². The molecule has 160 valence electrons. The minimum absolute atomic E-state index is 0.0100. The van der Waals surface area contributed by atoms with Gasteiger partial charge in [0.2, 0.25) is 0 Å². The lowest BCUT2D eigenvalue weighted by molar-refractivity contribution is -0.140. The third-order valence-electron chi connectivity index (χ3n) is 5.72. The molecule has 1 aliphatic rings. The Kier molecular flexibility index (Phi) is 4.78. The van der Waals surface area contributed by atoms with Crippen LogP contribution in [-0.4, -0.2) is 33.8 Å². The molecular weight excluding hydrogens is 408 g/mol. The summed E-state index contributed by atoms with van der Waals surface area (Å²) in [5, 5.41) is 12.1. The van der Waals surface area contributed by atoms with E-state index in [1.165, 1.54) is 18.3 Å². The first-order valence-electron chi connectivity index (χ1n) is 10.1. The van der Waals surface area contributed by atoms with Crippen molar-refractivity contribution in [1.29, 1.82) is 0 Å². The summed E-state index contributed by atoms with van der Waals surface area (Å²) in [5.74, 6) is -0.667. The molecule has 32 heavy (non-hydrogen) atoms. The Morgan fingerprint density at radius 3 is 2.66 bits per heavy atom. The highest BCUT2D eigenvalue weighted by molar-refractivity contribution is 6.46. The second kappa shape index (κ2) is 7.77. The van der Waals surface area contributed by atoms with E-state index in [-0.39, 0.29) is 17.9 Å². The minimum Gasteiger partial charge on any atom is -0.507 e. The van der Waals surface area contributed by atoms with E-state index in [0.29, 0.717) is 22.6 Å². The molecule has 4 aromatic rings. The number of nitrogens with zero attached hydrogens (tertiary/aromatic N) is 1. The van der Waals surface area contributed by atoms with E-state index in [1.54, 1.807) is 42.6 Å². The molecule has 1 fully saturated rings. The number of hydrogen-bond donors (Lipinski definition) is 2. The molecule has 7 nitrogen and oxygen atoms in total. The number of aromatic nitrogens is 1. The van der Waals surface area contributed by atoms with Crippen LogP contribution in [0.1, 0.15) is 22.9 Å². The number of aliphatic hydroxyl groups is 1. The van der Waals surface area contributed by atoms with Gasteiger partial charge in [0.1, 0.15) is 17.3 Å². The maximum atomic E-state index is 13.2. The van der Waals surface area contributed by atoms with Crippen LogP contribution in [0.3, 0.4) is 0 Å². The predicted molar refractivity (Wildman–Crippen MR) is 118 cm³/mol. The fourth-order valence-corrected chi connectivity index (χ4v) is 4.24. The van der Waals surface area contributed by atoms with Gasteiger partial charge < -0.3 is 24.1 Å². The predicted octanol–water partition coefficient (Wildman–Crippen LogP) is 4.39. The average molecular weight is 428 g/mol. The fraction of sp³-hybridized carbons (Fsp3) is 0.120. The first-order chi connectivity index (χ1) is 15.6. The minimum atomic E-state index is -0.843. The van der Waals surface area contributed by atoms with Crippen LogP contribution >= 0.6 is 0 Å². The molecule has 1 saturated heterocycles. The highest BCUT2D eigenvalue weighted by atomic mass is 16.5. The topological polar surface area (TPSA) is 95.8 Å². The number of benzene rings is 2. The van der Waals surface area contributed by atoms with E-state index in [9.17, 15) is 14.7 Å². The van der Waals surface area contributed by atoms with Crippen molar-refractivity contribution in [3.05, 3.63) is 95.6 Å². The van der Waals surface area contributed by atoms with Gasteiger partial charge in [0.25, 0.3) is 11.7 Å². The Morgan fingerprint density at radius 2 is 1.88 bits per heavy atom. The van der Waals surface area contributed by atoms with Gasteiger partial charge in [-0.1, -0.05) is 36.4 Å². The van der Waals surface area contributed by atoms with E-state index in [4.69, 9.17) is 9.15 Å². The van der Waals surface area contributed by atoms with Crippen molar-refractivity contribution < 1.29 is 23.8 Å². The fourth-order valence-electron chi connectivity index (χ4n) is 4.24. The summed E-state index contributed by atoms with van der Waals surface area (Å²) in [4.78, 5) is 30.8. The molecule has 2 N–H and O–H groups in total. The van der Waals surface area contributed by atoms with Crippen LogP contribution in [0.25, 0.3) is 16.7 Å². The van der Waals surface area contributed by atoms with E-state index >= 15 is 0 Å². The molecule has 7 heteroatoms. The van der Waals surface area contributed by atoms with Gasteiger partial charge in [0.05, 0.1) is 31.5 Å². The Labute approximate surface area is 183 Å². The van der Waals surface area contributed by atoms with Crippen molar-refractivity contribution in [1.82, 2.24) is 9.88 Å². The number of furan rings is 1. The third-order valence-corrected chi connectivity index (χ3v) is 5.72. The summed E-state index contributed by atoms with van der Waals surface area (Å²) in [6.07, 6.45) is 3.15. The number of Topliss-reactive ketones (excluding diaryl/α,β-unsaturated/α-hetero) is 1. The Morgan fingerprint density at radius 1 is 1.09 bits per heavy atom. The number of aromatic amines is 1. The number of hydrogen-bond acceptors (Lipinski definition) is 5. The largest absolute Gasteiger partial charge is 0.507 e. The van der Waals surface area contributed by atoms with Gasteiger partial charge in [-0.15, -0.1) is 0 Å². The van der Waals surface area contributed by atoms with Crippen molar-refractivity contribution in [2.45, 2.75) is 12.6 Å². The Bertz CT molecular complexity index is 1350. The molecule has 1 unspecified atom stereocenters. The molecule has 2 aromatic carbocycles. The van der Waals surface area contributed by atoms with E-state index in [2.05, 4.69) is 4.98 Å². The molecule has 0 spiro atoms. The van der Waals surface area contributed by atoms with Crippen molar-refractivity contribution in [2.24, 2.45) is 0 Å². The van der Waals surface area contributed by atoms with E-state index in [1.807, 2.05) is 24.3 Å². The highest BCUT2D eigenvalue weighted by Crippen LogP contribution is 2.44. The lowest BCUT2D eigenvalue weighted by Crippen LogP contribution is -2.29. The zero-order valence-corrected chi connectivity index (χ0v) is 17.2. The second-order valence-electron chi connectivity index (χ2n) is 7.50. The molecule has 1 aliphatic heterocycles. The Balaban J connectivity index is 1.73. The normalized spacial score (nSPS) is 17.9. The summed E-state index contributed by atoms with van der Waals surface area (Å²) in [7, 11) is 1.53. The Hall–Kier alpha value is -4.26. The number of ether oxygens (including phenoxy) is 1. The molecule has 0 saturated carbocycles. The zero-order valence-electron chi connectivity index (χ0n) is 17.2. The van der Waals surface area contributed by atoms with Crippen molar-refractivity contribution in [2.75, 3.05) is 7.11 Å². The molecule has 2 aromatic heterocycles. The van der Waals surface area contributed by atoms with E-state index < -0.39 is 17.7 Å². The number of aliphatic hydroxyl groups excluding tert-OH is 1. The first kappa shape index (κ1) is 19.7. The van der Waals surface area contributed by atoms with Gasteiger partial charge >= 0.3 is 0 Å². The summed E-state index contributed by atoms with van der Waals surface area (Å²) in [5.41, 5.74) is 1.88. The molecule has 0 radical (unpaired) electrons. The van der Waals surface area contributed by atoms with Gasteiger partial charge in [0.15, 0.2) is 0 Å². The number of methoxy groups -OCH3 is 1. The maximum Gasteiger partial charge on any atom is 0.296 e. The zero-order chi connectivity index (χ0) is 22.2. The molecule has 5 rings (SSSR count). The van der Waals surface area contributed by atoms with Crippen LogP contribution in [0.15, 0.2) is 83.1 Å². The van der Waals surface area contributed by atoms with Crippen LogP contribution in [0, 0.1) is 0 Å². The highest BCUT2D eigenvalue weighted by Gasteiger charge is 2.47. The number of amides is 1. The van der Waals surface area contributed by atoms with Crippen molar-refractivity contribution in [3.8, 4) is 5.75 Å². The number of para-hydroxylation sites is 2. The van der Waals surface area contributed by atoms with Crippen LogP contribution in [-0.2, 0) is 16.1 Å². The molecule has 0 aliphatic carbocycles. The van der Waals surface area contributed by atoms with Gasteiger partial charge in [-0.2, -0.15) is 0 Å². The SMILES string of the molecule is COc1ccccc1C1/C(=C(\O)c2c[nH]c3ccccc23)C(=O)C(=O)N1Cc1ccco1. The summed E-state index contributed by atoms with van der Waals surface area (Å²) >= 11 is 0. The molecule has 3 heterocycles. The maximum absolute atomic E-state index is 13.2. The van der Waals surface area contributed by atoms with Crippen LogP contribution in [0.2, 0.25) is 0 Å². The van der Waals surface area contributed by atoms with Crippen LogP contribution in [0.4, 0.5) is 0 Å². The monoisotopic (exact) mass is 428 g/mol. The number of fused-ring (bicyclic) bond motifs is 1. The summed E-state index contributed by atoms with van der Waals surface area (Å²) in [6, 6.07) is 17.2. The number of H-pyrrole nitrogens is 1. The molecule has 1 amide bonds. The number of likely N-dealkylation sites (tertiary alicyclic amines) is 1. The lowest BCUT2D eigenvalue weighted by Gasteiger charge is -2.25. The number of carbonyl (C=O) groups excluding carboxylic acids is 2. The first-order valence-corrected chi connectivity index (χ1v) is 10.1. The van der Waals surface area contributed by atoms with Crippen LogP contribution in [0.5, 0.6) is 5.75 Å². The summed E-state index contributed by atoms with van der Waals surface area (Å²) in [6.45, 7) is 0.0744. The van der Waals surface area contributed by atoms with Crippen LogP contribution < -0.4 is 4.74 Å². The molecule has 0 bridgehead atoms. The van der Waals surface area contributed by atoms with Crippen molar-refractivity contribution in [3.63, 3.8) is 0 Å². The quantitative estimate of drug-likeness (QED) is 0.279. The number of rotatable bonds is 5. The third kappa shape index (κ3) is 3.06. The molecular formula is C25H20N2O5. The smallest absolute Gasteiger partial charge is 0.296 e. The summed E-state index contributed by atoms with van der Waals surface area (Å²) < 4.78 is 10.9. The number of ketones is 1. The lowest BCUT2D eigenvalue weighted by atomic mass is 9.94. The number of carbonyl (C=O) groups is 2. The average Bonchev–Trinajstić information content (AvgIpc) is 3.54. The second-order valence-corrected chi connectivity index (χ2v) is 7.50. The van der Waals surface area contributed by atoms with Crippen molar-refractivity contribution >= 4 is 28.4 Å².